The summed E-state index contributed by atoms with van der Waals surface area (Å²) in [6.45, 7) is 4.46. The molecule has 8 nitrogen and oxygen atoms in total. The van der Waals surface area contributed by atoms with Gasteiger partial charge in [-0.3, -0.25) is 15.0 Å². The molecule has 2 fully saturated rings. The molecule has 0 aromatic carbocycles. The van der Waals surface area contributed by atoms with E-state index in [4.69, 9.17) is 5.73 Å². The zero-order valence-electron chi connectivity index (χ0n) is 11.2. The van der Waals surface area contributed by atoms with Crippen molar-refractivity contribution in [2.45, 2.75) is 12.8 Å². The van der Waals surface area contributed by atoms with E-state index < -0.39 is 4.92 Å². The van der Waals surface area contributed by atoms with Crippen molar-refractivity contribution in [1.29, 1.82) is 0 Å². The molecular formula is C12H18N6O2. The summed E-state index contributed by atoms with van der Waals surface area (Å²) < 4.78 is 0. The van der Waals surface area contributed by atoms with Crippen molar-refractivity contribution in [3.63, 3.8) is 0 Å². The molecule has 0 unspecified atom stereocenters. The van der Waals surface area contributed by atoms with Gasteiger partial charge >= 0.3 is 5.69 Å². The van der Waals surface area contributed by atoms with E-state index in [0.29, 0.717) is 5.82 Å². The zero-order chi connectivity index (χ0) is 14.1. The van der Waals surface area contributed by atoms with Gasteiger partial charge in [-0.1, -0.05) is 0 Å². The van der Waals surface area contributed by atoms with Gasteiger partial charge in [0.15, 0.2) is 0 Å². The van der Waals surface area contributed by atoms with E-state index in [1.165, 1.54) is 19.2 Å². The highest BCUT2D eigenvalue weighted by Crippen LogP contribution is 2.32. The summed E-state index contributed by atoms with van der Waals surface area (Å²) in [7, 11) is 0. The van der Waals surface area contributed by atoms with Crippen molar-refractivity contribution in [1.82, 2.24) is 14.9 Å². The average Bonchev–Trinajstić information content (AvgIpc) is 3.23. The Morgan fingerprint density at radius 2 is 2.00 bits per heavy atom. The van der Waals surface area contributed by atoms with Gasteiger partial charge in [0.2, 0.25) is 11.6 Å². The fourth-order valence-electron chi connectivity index (χ4n) is 2.60. The number of rotatable bonds is 4. The molecule has 1 saturated heterocycles. The van der Waals surface area contributed by atoms with Gasteiger partial charge in [-0.15, -0.1) is 0 Å². The summed E-state index contributed by atoms with van der Waals surface area (Å²) in [6, 6.07) is 0. The Labute approximate surface area is 116 Å². The third kappa shape index (κ3) is 2.64. The number of nitro groups is 1. The van der Waals surface area contributed by atoms with Crippen molar-refractivity contribution >= 4 is 17.3 Å². The second kappa shape index (κ2) is 5.20. The predicted octanol–water partition coefficient (Wildman–Crippen LogP) is 0.499. The lowest BCUT2D eigenvalue weighted by atomic mass is 10.2. The first kappa shape index (κ1) is 13.0. The van der Waals surface area contributed by atoms with E-state index in [2.05, 4.69) is 14.9 Å². The Balaban J connectivity index is 1.71. The van der Waals surface area contributed by atoms with Gasteiger partial charge in [-0.2, -0.15) is 0 Å². The maximum absolute atomic E-state index is 11.1. The van der Waals surface area contributed by atoms with Gasteiger partial charge in [0.05, 0.1) is 4.92 Å². The molecule has 8 heteroatoms. The summed E-state index contributed by atoms with van der Waals surface area (Å²) in [5.41, 5.74) is 5.42. The SMILES string of the molecule is Nc1ncnc(N2CCN(CC3CC3)CC2)c1[N+](=O)[O-]. The topological polar surface area (TPSA) is 101 Å². The standard InChI is InChI=1S/C12H18N6O2/c13-11-10(18(19)20)12(15-8-14-11)17-5-3-16(4-6-17)7-9-1-2-9/h8-9H,1-7H2,(H2,13,14,15). The highest BCUT2D eigenvalue weighted by atomic mass is 16.6. The molecule has 2 heterocycles. The smallest absolute Gasteiger partial charge is 0.353 e. The lowest BCUT2D eigenvalue weighted by Gasteiger charge is -2.35. The molecule has 2 N–H and O–H groups in total. The molecule has 20 heavy (non-hydrogen) atoms. The Morgan fingerprint density at radius 3 is 2.60 bits per heavy atom. The number of nitrogens with zero attached hydrogens (tertiary/aromatic N) is 5. The van der Waals surface area contributed by atoms with Crippen LogP contribution < -0.4 is 10.6 Å². The highest BCUT2D eigenvalue weighted by molar-refractivity contribution is 5.68. The van der Waals surface area contributed by atoms with Gasteiger partial charge in [0, 0.05) is 32.7 Å². The number of hydrogen-bond acceptors (Lipinski definition) is 7. The van der Waals surface area contributed by atoms with E-state index in [9.17, 15) is 10.1 Å². The molecule has 1 aliphatic carbocycles. The first-order valence-corrected chi connectivity index (χ1v) is 6.87. The van der Waals surface area contributed by atoms with Crippen LogP contribution in [0, 0.1) is 16.0 Å². The number of anilines is 2. The van der Waals surface area contributed by atoms with E-state index in [0.717, 1.165) is 38.6 Å². The van der Waals surface area contributed by atoms with Crippen molar-refractivity contribution in [3.8, 4) is 0 Å². The van der Waals surface area contributed by atoms with Crippen molar-refractivity contribution in [2.24, 2.45) is 5.92 Å². The summed E-state index contributed by atoms with van der Waals surface area (Å²) in [4.78, 5) is 22.7. The molecule has 1 aromatic heterocycles. The Kier molecular flexibility index (Phi) is 3.39. The van der Waals surface area contributed by atoms with Gasteiger partial charge in [0.1, 0.15) is 6.33 Å². The third-order valence-corrected chi connectivity index (χ3v) is 3.90. The van der Waals surface area contributed by atoms with Gasteiger partial charge in [0.25, 0.3) is 0 Å². The first-order valence-electron chi connectivity index (χ1n) is 6.87. The molecule has 108 valence electrons. The number of piperazine rings is 1. The molecule has 0 radical (unpaired) electrons. The van der Waals surface area contributed by atoms with Crippen LogP contribution in [0.25, 0.3) is 0 Å². The van der Waals surface area contributed by atoms with E-state index in [1.54, 1.807) is 0 Å². The van der Waals surface area contributed by atoms with Crippen LogP contribution in [0.3, 0.4) is 0 Å². The molecule has 0 spiro atoms. The normalized spacial score (nSPS) is 20.1. The number of nitrogens with two attached hydrogens (primary N) is 1. The Bertz CT molecular complexity index is 511. The van der Waals surface area contributed by atoms with Crippen molar-refractivity contribution in [2.75, 3.05) is 43.4 Å². The van der Waals surface area contributed by atoms with Gasteiger partial charge < -0.3 is 10.6 Å². The minimum atomic E-state index is -0.499. The van der Waals surface area contributed by atoms with Crippen LogP contribution in [0.15, 0.2) is 6.33 Å². The van der Waals surface area contributed by atoms with Crippen LogP contribution in [-0.2, 0) is 0 Å². The van der Waals surface area contributed by atoms with Gasteiger partial charge in [-0.05, 0) is 18.8 Å². The van der Waals surface area contributed by atoms with Crippen LogP contribution >= 0.6 is 0 Å². The average molecular weight is 278 g/mol. The molecule has 1 saturated carbocycles. The summed E-state index contributed by atoms with van der Waals surface area (Å²) in [6.07, 6.45) is 3.97. The fraction of sp³-hybridized carbons (Fsp3) is 0.667. The largest absolute Gasteiger partial charge is 0.378 e. The highest BCUT2D eigenvalue weighted by Gasteiger charge is 2.30. The van der Waals surface area contributed by atoms with Crippen LogP contribution in [0.5, 0.6) is 0 Å². The maximum atomic E-state index is 11.1. The van der Waals surface area contributed by atoms with Crippen LogP contribution in [0.1, 0.15) is 12.8 Å². The third-order valence-electron chi connectivity index (χ3n) is 3.90. The maximum Gasteiger partial charge on any atom is 0.353 e. The van der Waals surface area contributed by atoms with E-state index >= 15 is 0 Å². The Morgan fingerprint density at radius 1 is 1.30 bits per heavy atom. The molecule has 0 bridgehead atoms. The van der Waals surface area contributed by atoms with Crippen LogP contribution in [-0.4, -0.2) is 52.5 Å². The van der Waals surface area contributed by atoms with E-state index in [1.807, 2.05) is 4.90 Å². The zero-order valence-corrected chi connectivity index (χ0v) is 11.2. The second-order valence-electron chi connectivity index (χ2n) is 5.42. The molecular weight excluding hydrogens is 260 g/mol. The summed E-state index contributed by atoms with van der Waals surface area (Å²) in [5, 5.41) is 11.1. The second-order valence-corrected chi connectivity index (χ2v) is 5.42. The van der Waals surface area contributed by atoms with E-state index in [-0.39, 0.29) is 11.5 Å². The van der Waals surface area contributed by atoms with Crippen LogP contribution in [0.4, 0.5) is 17.3 Å². The number of aromatic nitrogens is 2. The fourth-order valence-corrected chi connectivity index (χ4v) is 2.60. The molecule has 3 rings (SSSR count). The molecule has 0 atom stereocenters. The van der Waals surface area contributed by atoms with Crippen LogP contribution in [0.2, 0.25) is 0 Å². The number of nitrogen functional groups attached to an aromatic ring is 1. The summed E-state index contributed by atoms with van der Waals surface area (Å²) in [5.74, 6) is 1.14. The molecule has 2 aliphatic rings. The summed E-state index contributed by atoms with van der Waals surface area (Å²) >= 11 is 0. The lowest BCUT2D eigenvalue weighted by Crippen LogP contribution is -2.47. The lowest BCUT2D eigenvalue weighted by molar-refractivity contribution is -0.383. The minimum Gasteiger partial charge on any atom is -0.378 e. The van der Waals surface area contributed by atoms with Crippen molar-refractivity contribution in [3.05, 3.63) is 16.4 Å². The number of hydrogen-bond donors (Lipinski definition) is 1. The Hall–Kier alpha value is -1.96. The van der Waals surface area contributed by atoms with Crippen molar-refractivity contribution < 1.29 is 4.92 Å². The van der Waals surface area contributed by atoms with Gasteiger partial charge in [-0.25, -0.2) is 9.97 Å². The first-order chi connectivity index (χ1) is 9.65. The minimum absolute atomic E-state index is 0.0691. The predicted molar refractivity (Wildman–Crippen MR) is 74.5 cm³/mol. The molecule has 1 aliphatic heterocycles. The molecule has 1 aromatic rings. The monoisotopic (exact) mass is 278 g/mol. The molecule has 0 amide bonds. The quantitative estimate of drug-likeness (QED) is 0.632.